The summed E-state index contributed by atoms with van der Waals surface area (Å²) in [5, 5.41) is 0. The van der Waals surface area contributed by atoms with Crippen molar-refractivity contribution in [1.82, 2.24) is 15.0 Å². The van der Waals surface area contributed by atoms with Crippen LogP contribution in [0.1, 0.15) is 11.6 Å². The second kappa shape index (κ2) is 3.41. The van der Waals surface area contributed by atoms with Crippen molar-refractivity contribution in [3.8, 4) is 11.6 Å². The van der Waals surface area contributed by atoms with Gasteiger partial charge in [-0.2, -0.15) is 0 Å². The lowest BCUT2D eigenvalue weighted by Crippen LogP contribution is -1.80. The Morgan fingerprint density at radius 3 is 2.76 bits per heavy atom. The average molecular weight is 231 g/mol. The molecule has 2 aromatic heterocycles. The molecule has 0 aliphatic carbocycles. The van der Waals surface area contributed by atoms with Crippen LogP contribution in [0.3, 0.4) is 0 Å². The molecular weight excluding hydrogens is 221 g/mol. The summed E-state index contributed by atoms with van der Waals surface area (Å²) >= 11 is 0. The van der Waals surface area contributed by atoms with E-state index in [-0.39, 0.29) is 5.82 Å². The van der Waals surface area contributed by atoms with Crippen molar-refractivity contribution in [2.75, 3.05) is 0 Å². The first-order valence-electron chi connectivity index (χ1n) is 5.23. The van der Waals surface area contributed by atoms with E-state index in [2.05, 4.69) is 15.0 Å². The SMILES string of the molecule is Cc1nc(C)c(-c2nc3ccc(F)cc3[nH]2)o1. The highest BCUT2D eigenvalue weighted by Crippen LogP contribution is 2.24. The van der Waals surface area contributed by atoms with Gasteiger partial charge in [-0.15, -0.1) is 0 Å². The van der Waals surface area contributed by atoms with E-state index in [9.17, 15) is 4.39 Å². The van der Waals surface area contributed by atoms with Gasteiger partial charge in [0.2, 0.25) is 0 Å². The third-order valence-corrected chi connectivity index (χ3v) is 2.56. The summed E-state index contributed by atoms with van der Waals surface area (Å²) in [4.78, 5) is 11.5. The predicted octanol–water partition coefficient (Wildman–Crippen LogP) is 2.97. The molecule has 0 spiro atoms. The van der Waals surface area contributed by atoms with Gasteiger partial charge in [-0.3, -0.25) is 0 Å². The van der Waals surface area contributed by atoms with Crippen LogP contribution in [0.15, 0.2) is 22.6 Å². The molecule has 17 heavy (non-hydrogen) atoms. The quantitative estimate of drug-likeness (QED) is 0.700. The Balaban J connectivity index is 2.21. The molecule has 86 valence electrons. The maximum atomic E-state index is 13.0. The van der Waals surface area contributed by atoms with Crippen LogP contribution in [0.4, 0.5) is 4.39 Å². The molecular formula is C12H10FN3O. The number of imidazole rings is 1. The van der Waals surface area contributed by atoms with Gasteiger partial charge in [0.15, 0.2) is 17.5 Å². The average Bonchev–Trinajstić information content (AvgIpc) is 2.80. The summed E-state index contributed by atoms with van der Waals surface area (Å²) in [6.45, 7) is 3.62. The second-order valence-electron chi connectivity index (χ2n) is 3.89. The Labute approximate surface area is 96.5 Å². The molecule has 1 N–H and O–H groups in total. The number of nitrogens with zero attached hydrogens (tertiary/aromatic N) is 2. The number of nitrogens with one attached hydrogen (secondary N) is 1. The monoisotopic (exact) mass is 231 g/mol. The number of aryl methyl sites for hydroxylation is 2. The molecule has 0 fully saturated rings. The third kappa shape index (κ3) is 1.60. The van der Waals surface area contributed by atoms with E-state index in [0.717, 1.165) is 5.69 Å². The number of halogens is 1. The van der Waals surface area contributed by atoms with E-state index >= 15 is 0 Å². The molecule has 0 saturated carbocycles. The standard InChI is InChI=1S/C12H10FN3O/c1-6-11(17-7(2)14-6)12-15-9-4-3-8(13)5-10(9)16-12/h3-5H,1-2H3,(H,15,16). The first-order valence-corrected chi connectivity index (χ1v) is 5.23. The number of aromatic amines is 1. The number of hydrogen-bond donors (Lipinski definition) is 1. The zero-order chi connectivity index (χ0) is 12.0. The van der Waals surface area contributed by atoms with Gasteiger partial charge in [0.05, 0.1) is 16.7 Å². The maximum absolute atomic E-state index is 13.0. The Kier molecular flexibility index (Phi) is 2.01. The number of benzene rings is 1. The summed E-state index contributed by atoms with van der Waals surface area (Å²) in [6, 6.07) is 4.42. The molecule has 4 nitrogen and oxygen atoms in total. The van der Waals surface area contributed by atoms with Gasteiger partial charge in [-0.05, 0) is 25.1 Å². The number of H-pyrrole nitrogens is 1. The lowest BCUT2D eigenvalue weighted by molar-refractivity contribution is 0.531. The van der Waals surface area contributed by atoms with E-state index in [4.69, 9.17) is 4.42 Å². The van der Waals surface area contributed by atoms with Gasteiger partial charge in [0.25, 0.3) is 0 Å². The molecule has 0 aliphatic rings. The number of fused-ring (bicyclic) bond motifs is 1. The van der Waals surface area contributed by atoms with Crippen molar-refractivity contribution in [2.45, 2.75) is 13.8 Å². The summed E-state index contributed by atoms with van der Waals surface area (Å²) in [6.07, 6.45) is 0. The zero-order valence-electron chi connectivity index (χ0n) is 9.41. The molecule has 0 atom stereocenters. The number of rotatable bonds is 1. The molecule has 2 heterocycles. The van der Waals surface area contributed by atoms with Crippen LogP contribution >= 0.6 is 0 Å². The first-order chi connectivity index (χ1) is 8.13. The van der Waals surface area contributed by atoms with Crippen LogP contribution in [-0.4, -0.2) is 15.0 Å². The fourth-order valence-electron chi connectivity index (χ4n) is 1.84. The predicted molar refractivity (Wildman–Crippen MR) is 61.0 cm³/mol. The molecule has 3 rings (SSSR count). The van der Waals surface area contributed by atoms with Gasteiger partial charge < -0.3 is 9.40 Å². The molecule has 0 unspecified atom stereocenters. The Hall–Kier alpha value is -2.17. The van der Waals surface area contributed by atoms with Crippen molar-refractivity contribution >= 4 is 11.0 Å². The molecule has 0 radical (unpaired) electrons. The van der Waals surface area contributed by atoms with Gasteiger partial charge >= 0.3 is 0 Å². The highest BCUT2D eigenvalue weighted by molar-refractivity contribution is 5.78. The van der Waals surface area contributed by atoms with Crippen molar-refractivity contribution in [1.29, 1.82) is 0 Å². The van der Waals surface area contributed by atoms with Crippen molar-refractivity contribution in [3.05, 3.63) is 35.6 Å². The first kappa shape index (κ1) is 10.0. The highest BCUT2D eigenvalue weighted by atomic mass is 19.1. The summed E-state index contributed by atoms with van der Waals surface area (Å²) in [5.74, 6) is 1.46. The minimum absolute atomic E-state index is 0.293. The lowest BCUT2D eigenvalue weighted by atomic mass is 10.3. The van der Waals surface area contributed by atoms with Gasteiger partial charge in [0.1, 0.15) is 5.82 Å². The Morgan fingerprint density at radius 2 is 2.06 bits per heavy atom. The Morgan fingerprint density at radius 1 is 1.24 bits per heavy atom. The molecule has 0 aliphatic heterocycles. The van der Waals surface area contributed by atoms with Crippen molar-refractivity contribution in [2.24, 2.45) is 0 Å². The van der Waals surface area contributed by atoms with E-state index in [1.807, 2.05) is 6.92 Å². The molecule has 5 heteroatoms. The second-order valence-corrected chi connectivity index (χ2v) is 3.89. The lowest BCUT2D eigenvalue weighted by Gasteiger charge is -1.89. The van der Waals surface area contributed by atoms with Crippen LogP contribution in [-0.2, 0) is 0 Å². The van der Waals surface area contributed by atoms with E-state index in [1.165, 1.54) is 12.1 Å². The largest absolute Gasteiger partial charge is 0.437 e. The van der Waals surface area contributed by atoms with E-state index in [1.54, 1.807) is 13.0 Å². The summed E-state index contributed by atoms with van der Waals surface area (Å²) in [5.41, 5.74) is 2.12. The molecule has 0 saturated heterocycles. The molecule has 0 amide bonds. The summed E-state index contributed by atoms with van der Waals surface area (Å²) < 4.78 is 18.5. The van der Waals surface area contributed by atoms with E-state index < -0.39 is 0 Å². The van der Waals surface area contributed by atoms with Crippen LogP contribution in [0, 0.1) is 19.7 Å². The highest BCUT2D eigenvalue weighted by Gasteiger charge is 2.13. The van der Waals surface area contributed by atoms with Crippen LogP contribution in [0.2, 0.25) is 0 Å². The third-order valence-electron chi connectivity index (χ3n) is 2.56. The maximum Gasteiger partial charge on any atom is 0.192 e. The summed E-state index contributed by atoms with van der Waals surface area (Å²) in [7, 11) is 0. The van der Waals surface area contributed by atoms with Crippen LogP contribution in [0.5, 0.6) is 0 Å². The minimum Gasteiger partial charge on any atom is -0.437 e. The fraction of sp³-hybridized carbons (Fsp3) is 0.167. The van der Waals surface area contributed by atoms with Crippen molar-refractivity contribution < 1.29 is 8.81 Å². The molecule has 0 bridgehead atoms. The number of aromatic nitrogens is 3. The zero-order valence-corrected chi connectivity index (χ0v) is 9.41. The topological polar surface area (TPSA) is 54.7 Å². The number of oxazole rings is 1. The fourth-order valence-corrected chi connectivity index (χ4v) is 1.84. The Bertz CT molecular complexity index is 699. The molecule has 3 aromatic rings. The van der Waals surface area contributed by atoms with E-state index in [0.29, 0.717) is 28.5 Å². The smallest absolute Gasteiger partial charge is 0.192 e. The number of hydrogen-bond acceptors (Lipinski definition) is 3. The van der Waals surface area contributed by atoms with Crippen molar-refractivity contribution in [3.63, 3.8) is 0 Å². The van der Waals surface area contributed by atoms with Gasteiger partial charge in [-0.25, -0.2) is 14.4 Å². The van der Waals surface area contributed by atoms with Gasteiger partial charge in [0, 0.05) is 6.92 Å². The van der Waals surface area contributed by atoms with Crippen LogP contribution in [0.25, 0.3) is 22.6 Å². The normalized spacial score (nSPS) is 11.2. The van der Waals surface area contributed by atoms with Crippen LogP contribution < -0.4 is 0 Å². The molecule has 1 aromatic carbocycles. The minimum atomic E-state index is -0.293. The van der Waals surface area contributed by atoms with Gasteiger partial charge in [-0.1, -0.05) is 0 Å².